The van der Waals surface area contributed by atoms with Gasteiger partial charge in [0, 0.05) is 18.8 Å². The standard InChI is InChI=1S/C13H20ClN3O/c1-3-17(4-2)8-7-16-13(18)11-9-10(15)5-6-12(11)14/h5-6,9H,3-4,7-8,15H2,1-2H3,(H,16,18). The Balaban J connectivity index is 2.53. The number of anilines is 1. The molecule has 0 bridgehead atoms. The monoisotopic (exact) mass is 269 g/mol. The Kier molecular flexibility index (Phi) is 5.95. The van der Waals surface area contributed by atoms with Crippen molar-refractivity contribution in [1.29, 1.82) is 0 Å². The number of carbonyl (C=O) groups excluding carboxylic acids is 1. The Morgan fingerprint density at radius 1 is 1.39 bits per heavy atom. The first-order valence-electron chi connectivity index (χ1n) is 6.14. The number of amides is 1. The van der Waals surface area contributed by atoms with Crippen molar-refractivity contribution < 1.29 is 4.79 Å². The van der Waals surface area contributed by atoms with Crippen LogP contribution in [0.25, 0.3) is 0 Å². The molecule has 3 N–H and O–H groups in total. The largest absolute Gasteiger partial charge is 0.399 e. The van der Waals surface area contributed by atoms with Gasteiger partial charge in [0.1, 0.15) is 0 Å². The van der Waals surface area contributed by atoms with Crippen LogP contribution in [0, 0.1) is 0 Å². The first-order valence-corrected chi connectivity index (χ1v) is 6.51. The van der Waals surface area contributed by atoms with Crippen molar-refractivity contribution in [1.82, 2.24) is 10.2 Å². The van der Waals surface area contributed by atoms with E-state index in [9.17, 15) is 4.79 Å². The maximum Gasteiger partial charge on any atom is 0.252 e. The van der Waals surface area contributed by atoms with Gasteiger partial charge in [-0.15, -0.1) is 0 Å². The summed E-state index contributed by atoms with van der Waals surface area (Å²) in [5.41, 5.74) is 6.60. The van der Waals surface area contributed by atoms with Crippen LogP contribution < -0.4 is 11.1 Å². The lowest BCUT2D eigenvalue weighted by Crippen LogP contribution is -2.34. The fraction of sp³-hybridized carbons (Fsp3) is 0.462. The molecule has 0 aromatic heterocycles. The summed E-state index contributed by atoms with van der Waals surface area (Å²) in [6, 6.07) is 4.90. The van der Waals surface area contributed by atoms with E-state index in [1.54, 1.807) is 18.2 Å². The molecular formula is C13H20ClN3O. The van der Waals surface area contributed by atoms with E-state index in [-0.39, 0.29) is 5.91 Å². The lowest BCUT2D eigenvalue weighted by Gasteiger charge is -2.18. The van der Waals surface area contributed by atoms with Crippen molar-refractivity contribution in [2.75, 3.05) is 31.9 Å². The Morgan fingerprint density at radius 2 is 2.06 bits per heavy atom. The van der Waals surface area contributed by atoms with Crippen molar-refractivity contribution in [3.8, 4) is 0 Å². The summed E-state index contributed by atoms with van der Waals surface area (Å²) in [5.74, 6) is -0.181. The number of hydrogen-bond donors (Lipinski definition) is 2. The van der Waals surface area contributed by atoms with E-state index in [1.165, 1.54) is 0 Å². The van der Waals surface area contributed by atoms with Gasteiger partial charge in [-0.05, 0) is 31.3 Å². The Labute approximate surface area is 113 Å². The number of likely N-dealkylation sites (N-methyl/N-ethyl adjacent to an activating group) is 1. The minimum absolute atomic E-state index is 0.181. The van der Waals surface area contributed by atoms with E-state index in [1.807, 2.05) is 0 Å². The number of nitrogen functional groups attached to an aromatic ring is 1. The maximum atomic E-state index is 11.9. The number of halogens is 1. The molecule has 0 fully saturated rings. The fourth-order valence-corrected chi connectivity index (χ4v) is 1.88. The minimum Gasteiger partial charge on any atom is -0.399 e. The predicted octanol–water partition coefficient (Wildman–Crippen LogP) is 1.99. The van der Waals surface area contributed by atoms with Crippen LogP contribution in [0.15, 0.2) is 18.2 Å². The average Bonchev–Trinajstić information content (AvgIpc) is 2.37. The zero-order valence-corrected chi connectivity index (χ0v) is 11.6. The third-order valence-electron chi connectivity index (χ3n) is 2.84. The smallest absolute Gasteiger partial charge is 0.252 e. The lowest BCUT2D eigenvalue weighted by molar-refractivity contribution is 0.0949. The van der Waals surface area contributed by atoms with Crippen LogP contribution in [0.3, 0.4) is 0 Å². The van der Waals surface area contributed by atoms with E-state index >= 15 is 0 Å². The van der Waals surface area contributed by atoms with Crippen molar-refractivity contribution in [2.45, 2.75) is 13.8 Å². The summed E-state index contributed by atoms with van der Waals surface area (Å²) in [5, 5.41) is 3.27. The topological polar surface area (TPSA) is 58.4 Å². The van der Waals surface area contributed by atoms with Gasteiger partial charge in [0.25, 0.3) is 5.91 Å². The highest BCUT2D eigenvalue weighted by Gasteiger charge is 2.10. The summed E-state index contributed by atoms with van der Waals surface area (Å²) >= 11 is 5.96. The van der Waals surface area contributed by atoms with Gasteiger partial charge >= 0.3 is 0 Å². The van der Waals surface area contributed by atoms with Crippen molar-refractivity contribution in [3.05, 3.63) is 28.8 Å². The molecule has 0 unspecified atom stereocenters. The molecule has 0 saturated heterocycles. The molecule has 1 aromatic carbocycles. The number of nitrogens with two attached hydrogens (primary N) is 1. The maximum absolute atomic E-state index is 11.9. The van der Waals surface area contributed by atoms with E-state index in [0.717, 1.165) is 19.6 Å². The Hall–Kier alpha value is -1.26. The molecule has 0 aliphatic rings. The van der Waals surface area contributed by atoms with Crippen LogP contribution >= 0.6 is 11.6 Å². The van der Waals surface area contributed by atoms with Gasteiger partial charge in [-0.25, -0.2) is 0 Å². The first-order chi connectivity index (χ1) is 8.58. The second kappa shape index (κ2) is 7.24. The zero-order chi connectivity index (χ0) is 13.5. The summed E-state index contributed by atoms with van der Waals surface area (Å²) in [6.07, 6.45) is 0. The second-order valence-electron chi connectivity index (χ2n) is 4.02. The van der Waals surface area contributed by atoms with Gasteiger partial charge in [-0.3, -0.25) is 4.79 Å². The van der Waals surface area contributed by atoms with Gasteiger partial charge in [0.05, 0.1) is 10.6 Å². The number of benzene rings is 1. The third-order valence-corrected chi connectivity index (χ3v) is 3.17. The first kappa shape index (κ1) is 14.8. The molecule has 1 rings (SSSR count). The van der Waals surface area contributed by atoms with E-state index < -0.39 is 0 Å². The number of nitrogens with one attached hydrogen (secondary N) is 1. The molecular weight excluding hydrogens is 250 g/mol. The SMILES string of the molecule is CCN(CC)CCNC(=O)c1cc(N)ccc1Cl. The number of carbonyl (C=O) groups is 1. The molecule has 1 amide bonds. The summed E-state index contributed by atoms with van der Waals surface area (Å²) in [4.78, 5) is 14.1. The minimum atomic E-state index is -0.181. The fourth-order valence-electron chi connectivity index (χ4n) is 1.68. The molecule has 100 valence electrons. The zero-order valence-electron chi connectivity index (χ0n) is 10.9. The van der Waals surface area contributed by atoms with E-state index in [2.05, 4.69) is 24.1 Å². The number of nitrogens with zero attached hydrogens (tertiary/aromatic N) is 1. The molecule has 0 atom stereocenters. The molecule has 0 aliphatic carbocycles. The number of hydrogen-bond acceptors (Lipinski definition) is 3. The molecule has 0 radical (unpaired) electrons. The molecule has 1 aromatic rings. The lowest BCUT2D eigenvalue weighted by atomic mass is 10.2. The van der Waals surface area contributed by atoms with Crippen LogP contribution in [0.4, 0.5) is 5.69 Å². The van der Waals surface area contributed by atoms with Crippen molar-refractivity contribution in [3.63, 3.8) is 0 Å². The van der Waals surface area contributed by atoms with Crippen LogP contribution in [-0.4, -0.2) is 37.0 Å². The van der Waals surface area contributed by atoms with Crippen LogP contribution in [0.5, 0.6) is 0 Å². The Morgan fingerprint density at radius 3 is 2.67 bits per heavy atom. The van der Waals surface area contributed by atoms with Crippen LogP contribution in [0.2, 0.25) is 5.02 Å². The highest BCUT2D eigenvalue weighted by molar-refractivity contribution is 6.34. The summed E-state index contributed by atoms with van der Waals surface area (Å²) in [6.45, 7) is 7.58. The quantitative estimate of drug-likeness (QED) is 0.777. The van der Waals surface area contributed by atoms with Gasteiger partial charge in [0.2, 0.25) is 0 Å². The average molecular weight is 270 g/mol. The predicted molar refractivity (Wildman–Crippen MR) is 76.0 cm³/mol. The molecule has 0 heterocycles. The third kappa shape index (κ3) is 4.20. The van der Waals surface area contributed by atoms with Gasteiger partial charge in [-0.1, -0.05) is 25.4 Å². The molecule has 18 heavy (non-hydrogen) atoms. The number of rotatable bonds is 6. The summed E-state index contributed by atoms with van der Waals surface area (Å²) < 4.78 is 0. The van der Waals surface area contributed by atoms with Crippen molar-refractivity contribution >= 4 is 23.2 Å². The summed E-state index contributed by atoms with van der Waals surface area (Å²) in [7, 11) is 0. The molecule has 0 spiro atoms. The van der Waals surface area contributed by atoms with Crippen LogP contribution in [0.1, 0.15) is 24.2 Å². The van der Waals surface area contributed by atoms with Gasteiger partial charge in [0.15, 0.2) is 0 Å². The molecule has 0 aliphatic heterocycles. The highest BCUT2D eigenvalue weighted by atomic mass is 35.5. The van der Waals surface area contributed by atoms with Crippen molar-refractivity contribution in [2.24, 2.45) is 0 Å². The molecule has 0 saturated carbocycles. The van der Waals surface area contributed by atoms with E-state index in [4.69, 9.17) is 17.3 Å². The van der Waals surface area contributed by atoms with Crippen LogP contribution in [-0.2, 0) is 0 Å². The molecule has 5 heteroatoms. The van der Waals surface area contributed by atoms with Gasteiger partial charge < -0.3 is 16.0 Å². The molecule has 4 nitrogen and oxygen atoms in total. The Bertz CT molecular complexity index is 405. The van der Waals surface area contributed by atoms with Gasteiger partial charge in [-0.2, -0.15) is 0 Å². The highest BCUT2D eigenvalue weighted by Crippen LogP contribution is 2.18. The normalized spacial score (nSPS) is 10.7. The second-order valence-corrected chi connectivity index (χ2v) is 4.43. The van der Waals surface area contributed by atoms with E-state index in [0.29, 0.717) is 22.8 Å².